The number of benzene rings is 1. The van der Waals surface area contributed by atoms with E-state index in [1.807, 2.05) is 4.90 Å². The van der Waals surface area contributed by atoms with E-state index in [0.29, 0.717) is 44.0 Å². The highest BCUT2D eigenvalue weighted by Crippen LogP contribution is 2.33. The van der Waals surface area contributed by atoms with Gasteiger partial charge in [-0.25, -0.2) is 14.0 Å². The summed E-state index contributed by atoms with van der Waals surface area (Å²) < 4.78 is 19.5. The van der Waals surface area contributed by atoms with E-state index in [0.717, 1.165) is 25.7 Å². The molecule has 0 bridgehead atoms. The fraction of sp³-hybridized carbons (Fsp3) is 0.519. The van der Waals surface area contributed by atoms with Crippen LogP contribution < -0.4 is 5.32 Å². The van der Waals surface area contributed by atoms with Crippen LogP contribution in [0.1, 0.15) is 44.2 Å². The molecule has 3 amide bonds. The number of carbonyl (C=O) groups excluding carboxylic acids is 3. The van der Waals surface area contributed by atoms with Gasteiger partial charge in [0, 0.05) is 50.9 Å². The maximum absolute atomic E-state index is 14.1. The van der Waals surface area contributed by atoms with Crippen LogP contribution in [0.15, 0.2) is 48.2 Å². The van der Waals surface area contributed by atoms with Crippen molar-refractivity contribution in [1.29, 1.82) is 0 Å². The van der Waals surface area contributed by atoms with Gasteiger partial charge >= 0.3 is 12.0 Å². The fourth-order valence-electron chi connectivity index (χ4n) is 5.35. The van der Waals surface area contributed by atoms with Gasteiger partial charge in [-0.3, -0.25) is 14.6 Å². The number of nitrogens with zero attached hydrogens (tertiary/aromatic N) is 3. The Bertz CT molecular complexity index is 1030. The Morgan fingerprint density at radius 1 is 1.19 bits per heavy atom. The molecule has 2 fully saturated rings. The minimum absolute atomic E-state index is 0.145. The third-order valence-corrected chi connectivity index (χ3v) is 7.19. The number of rotatable bonds is 8. The molecular formula is C27H35FN4O4. The van der Waals surface area contributed by atoms with E-state index in [1.165, 1.54) is 17.0 Å². The monoisotopic (exact) mass is 498 g/mol. The van der Waals surface area contributed by atoms with Crippen LogP contribution in [-0.2, 0) is 14.3 Å². The van der Waals surface area contributed by atoms with Crippen molar-refractivity contribution in [2.24, 2.45) is 5.92 Å². The summed E-state index contributed by atoms with van der Waals surface area (Å²) >= 11 is 0. The second kappa shape index (κ2) is 11.7. The summed E-state index contributed by atoms with van der Waals surface area (Å²) in [6, 6.07) is 4.64. The predicted octanol–water partition coefficient (Wildman–Crippen LogP) is 3.23. The van der Waals surface area contributed by atoms with Crippen molar-refractivity contribution in [2.75, 3.05) is 45.9 Å². The topological polar surface area (TPSA) is 82.2 Å². The van der Waals surface area contributed by atoms with Gasteiger partial charge in [-0.05, 0) is 37.5 Å². The molecule has 36 heavy (non-hydrogen) atoms. The smallest absolute Gasteiger partial charge is 0.338 e. The van der Waals surface area contributed by atoms with Crippen LogP contribution in [0.3, 0.4) is 0 Å². The highest BCUT2D eigenvalue weighted by atomic mass is 19.1. The van der Waals surface area contributed by atoms with Gasteiger partial charge in [-0.15, -0.1) is 6.58 Å². The third kappa shape index (κ3) is 5.61. The van der Waals surface area contributed by atoms with Crippen LogP contribution in [-0.4, -0.2) is 78.5 Å². The van der Waals surface area contributed by atoms with Gasteiger partial charge in [-0.1, -0.05) is 31.1 Å². The van der Waals surface area contributed by atoms with Crippen LogP contribution in [0.25, 0.3) is 0 Å². The lowest BCUT2D eigenvalue weighted by molar-refractivity contribution is -0.139. The van der Waals surface area contributed by atoms with E-state index in [-0.39, 0.29) is 36.6 Å². The van der Waals surface area contributed by atoms with Crippen molar-refractivity contribution < 1.29 is 23.5 Å². The lowest BCUT2D eigenvalue weighted by atomic mass is 9.94. The Kier molecular flexibility index (Phi) is 8.40. The number of hydrogen-bond donors (Lipinski definition) is 1. The van der Waals surface area contributed by atoms with Crippen LogP contribution in [0, 0.1) is 11.7 Å². The van der Waals surface area contributed by atoms with Gasteiger partial charge in [0.25, 0.3) is 0 Å². The third-order valence-electron chi connectivity index (χ3n) is 7.19. The molecule has 1 unspecified atom stereocenters. The zero-order valence-corrected chi connectivity index (χ0v) is 20.9. The molecule has 0 aromatic heterocycles. The summed E-state index contributed by atoms with van der Waals surface area (Å²) in [5.41, 5.74) is 1.27. The number of urea groups is 1. The maximum atomic E-state index is 14.1. The second-order valence-corrected chi connectivity index (χ2v) is 9.50. The van der Waals surface area contributed by atoms with Crippen LogP contribution in [0.5, 0.6) is 0 Å². The molecule has 1 atom stereocenters. The summed E-state index contributed by atoms with van der Waals surface area (Å²) in [4.78, 5) is 44.8. The largest absolute Gasteiger partial charge is 0.463 e. The standard InChI is InChI=1S/C27H35FN4O4/c1-3-12-32-22(18-30-13-15-31(16-14-30)25(33)19-8-5-6-9-19)23(26(34)36-4-2)24(29-27(32)35)20-10-7-11-21(28)17-20/h3,7,10-11,17,19,24H,1,4-6,8-9,12-16,18H2,2H3,(H,29,35). The molecule has 4 rings (SSSR count). The van der Waals surface area contributed by atoms with Crippen LogP contribution in [0.2, 0.25) is 0 Å². The van der Waals surface area contributed by atoms with Crippen molar-refractivity contribution >= 4 is 17.9 Å². The minimum Gasteiger partial charge on any atom is -0.463 e. The van der Waals surface area contributed by atoms with Crippen molar-refractivity contribution in [3.63, 3.8) is 0 Å². The van der Waals surface area contributed by atoms with E-state index in [4.69, 9.17) is 4.74 Å². The lowest BCUT2D eigenvalue weighted by Gasteiger charge is -2.40. The molecule has 9 heteroatoms. The number of carbonyl (C=O) groups is 3. The number of nitrogens with one attached hydrogen (secondary N) is 1. The van der Waals surface area contributed by atoms with Crippen molar-refractivity contribution in [3.8, 4) is 0 Å². The second-order valence-electron chi connectivity index (χ2n) is 9.50. The molecule has 1 aromatic rings. The molecule has 1 saturated heterocycles. The summed E-state index contributed by atoms with van der Waals surface area (Å²) in [7, 11) is 0. The summed E-state index contributed by atoms with van der Waals surface area (Å²) in [6.45, 7) is 8.67. The summed E-state index contributed by atoms with van der Waals surface area (Å²) in [5.74, 6) is -0.615. The molecule has 2 heterocycles. The highest BCUT2D eigenvalue weighted by Gasteiger charge is 2.39. The zero-order chi connectivity index (χ0) is 25.7. The minimum atomic E-state index is -0.839. The first-order chi connectivity index (χ1) is 17.4. The number of hydrogen-bond acceptors (Lipinski definition) is 5. The number of halogens is 1. The molecule has 3 aliphatic rings. The number of ether oxygens (including phenoxy) is 1. The number of amides is 3. The van der Waals surface area contributed by atoms with Crippen molar-refractivity contribution in [3.05, 3.63) is 59.6 Å². The molecule has 8 nitrogen and oxygen atoms in total. The van der Waals surface area contributed by atoms with E-state index in [2.05, 4.69) is 16.8 Å². The van der Waals surface area contributed by atoms with Gasteiger partial charge in [-0.2, -0.15) is 0 Å². The Labute approximate surface area is 211 Å². The van der Waals surface area contributed by atoms with Crippen LogP contribution in [0.4, 0.5) is 9.18 Å². The maximum Gasteiger partial charge on any atom is 0.338 e. The van der Waals surface area contributed by atoms with Crippen LogP contribution >= 0.6 is 0 Å². The SMILES string of the molecule is C=CCN1C(=O)NC(c2cccc(F)c2)C(C(=O)OCC)=C1CN1CCN(C(=O)C2CCCC2)CC1. The van der Waals surface area contributed by atoms with E-state index < -0.39 is 17.8 Å². The van der Waals surface area contributed by atoms with E-state index in [1.54, 1.807) is 25.1 Å². The molecule has 1 N–H and O–H groups in total. The Morgan fingerprint density at radius 3 is 2.56 bits per heavy atom. The first kappa shape index (κ1) is 25.9. The summed E-state index contributed by atoms with van der Waals surface area (Å²) in [6.07, 6.45) is 5.79. The molecule has 1 aromatic carbocycles. The number of esters is 1. The fourth-order valence-corrected chi connectivity index (χ4v) is 5.35. The predicted molar refractivity (Wildman–Crippen MR) is 133 cm³/mol. The number of piperazine rings is 1. The molecule has 1 aliphatic carbocycles. The van der Waals surface area contributed by atoms with Gasteiger partial charge < -0.3 is 15.0 Å². The molecule has 0 radical (unpaired) electrons. The normalized spacial score (nSPS) is 21.5. The first-order valence-electron chi connectivity index (χ1n) is 12.8. The Hall–Kier alpha value is -3.20. The quantitative estimate of drug-likeness (QED) is 0.440. The molecule has 194 valence electrons. The zero-order valence-electron chi connectivity index (χ0n) is 20.9. The molecular weight excluding hydrogens is 463 g/mol. The van der Waals surface area contributed by atoms with E-state index in [9.17, 15) is 18.8 Å². The van der Waals surface area contributed by atoms with Crippen molar-refractivity contribution in [2.45, 2.75) is 38.6 Å². The van der Waals surface area contributed by atoms with Gasteiger partial charge in [0.15, 0.2) is 0 Å². The van der Waals surface area contributed by atoms with Gasteiger partial charge in [0.05, 0.1) is 18.2 Å². The summed E-state index contributed by atoms with van der Waals surface area (Å²) in [5, 5.41) is 2.85. The Morgan fingerprint density at radius 2 is 1.92 bits per heavy atom. The highest BCUT2D eigenvalue weighted by molar-refractivity contribution is 5.95. The van der Waals surface area contributed by atoms with E-state index >= 15 is 0 Å². The van der Waals surface area contributed by atoms with Gasteiger partial charge in [0.1, 0.15) is 5.82 Å². The lowest BCUT2D eigenvalue weighted by Crippen LogP contribution is -2.54. The Balaban J connectivity index is 1.61. The van der Waals surface area contributed by atoms with Gasteiger partial charge in [0.2, 0.25) is 5.91 Å². The molecule has 2 aliphatic heterocycles. The average Bonchev–Trinajstić information content (AvgIpc) is 3.41. The van der Waals surface area contributed by atoms with Crippen molar-refractivity contribution in [1.82, 2.24) is 20.0 Å². The molecule has 0 spiro atoms. The average molecular weight is 499 g/mol. The first-order valence-corrected chi connectivity index (χ1v) is 12.8. The molecule has 1 saturated carbocycles.